The van der Waals surface area contributed by atoms with Gasteiger partial charge in [-0.15, -0.1) is 0 Å². The molecule has 0 bridgehead atoms. The summed E-state index contributed by atoms with van der Waals surface area (Å²) in [5, 5.41) is 6.10. The number of nitrogens with one attached hydrogen (secondary N) is 2. The minimum atomic E-state index is -0.919. The van der Waals surface area contributed by atoms with Crippen molar-refractivity contribution in [1.29, 1.82) is 0 Å². The van der Waals surface area contributed by atoms with Crippen molar-refractivity contribution in [3.05, 3.63) is 59.7 Å². The zero-order valence-electron chi connectivity index (χ0n) is 11.3. The first kappa shape index (κ1) is 15.2. The van der Waals surface area contributed by atoms with Crippen LogP contribution in [0.4, 0.5) is 14.5 Å². The van der Waals surface area contributed by atoms with Crippen molar-refractivity contribution in [3.8, 4) is 5.75 Å². The van der Waals surface area contributed by atoms with Crippen LogP contribution >= 0.6 is 12.2 Å². The highest BCUT2D eigenvalue weighted by atomic mass is 32.1. The van der Waals surface area contributed by atoms with Gasteiger partial charge in [0, 0.05) is 18.3 Å². The number of hydrogen-bond donors (Lipinski definition) is 2. The lowest BCUT2D eigenvalue weighted by Gasteiger charge is -2.11. The van der Waals surface area contributed by atoms with E-state index in [0.717, 1.165) is 23.4 Å². The van der Waals surface area contributed by atoms with Gasteiger partial charge < -0.3 is 15.4 Å². The second kappa shape index (κ2) is 6.99. The molecule has 0 heterocycles. The third-order valence-corrected chi connectivity index (χ3v) is 3.04. The standard InChI is InChI=1S/C15H14F2N2OS/c1-20-12-5-2-10(3-6-12)9-18-15(21)19-11-4-7-13(16)14(17)8-11/h2-8H,9H2,1H3,(H2,18,19,21). The maximum absolute atomic E-state index is 13.1. The Morgan fingerprint density at radius 1 is 1.10 bits per heavy atom. The van der Waals surface area contributed by atoms with Gasteiger partial charge >= 0.3 is 0 Å². The largest absolute Gasteiger partial charge is 0.497 e. The molecule has 0 aliphatic heterocycles. The fourth-order valence-corrected chi connectivity index (χ4v) is 1.86. The fraction of sp³-hybridized carbons (Fsp3) is 0.133. The molecule has 0 fully saturated rings. The van der Waals surface area contributed by atoms with E-state index < -0.39 is 11.6 Å². The number of ether oxygens (including phenoxy) is 1. The van der Waals surface area contributed by atoms with Crippen molar-refractivity contribution in [3.63, 3.8) is 0 Å². The SMILES string of the molecule is COc1ccc(CNC(=S)Nc2ccc(F)c(F)c2)cc1. The number of rotatable bonds is 4. The van der Waals surface area contributed by atoms with Crippen molar-refractivity contribution in [2.24, 2.45) is 0 Å². The van der Waals surface area contributed by atoms with E-state index >= 15 is 0 Å². The molecule has 3 nitrogen and oxygen atoms in total. The van der Waals surface area contributed by atoms with Gasteiger partial charge in [-0.05, 0) is 42.0 Å². The van der Waals surface area contributed by atoms with Crippen LogP contribution in [0.1, 0.15) is 5.56 Å². The molecular weight excluding hydrogens is 294 g/mol. The number of methoxy groups -OCH3 is 1. The molecular formula is C15H14F2N2OS. The molecule has 0 atom stereocenters. The molecule has 6 heteroatoms. The second-order valence-corrected chi connectivity index (χ2v) is 4.69. The minimum Gasteiger partial charge on any atom is -0.497 e. The number of benzene rings is 2. The Morgan fingerprint density at radius 3 is 2.43 bits per heavy atom. The Bertz CT molecular complexity index is 632. The van der Waals surface area contributed by atoms with Gasteiger partial charge in [0.2, 0.25) is 0 Å². The topological polar surface area (TPSA) is 33.3 Å². The normalized spacial score (nSPS) is 10.0. The molecule has 2 aromatic rings. The Labute approximate surface area is 126 Å². The lowest BCUT2D eigenvalue weighted by atomic mass is 10.2. The minimum absolute atomic E-state index is 0.330. The summed E-state index contributed by atoms with van der Waals surface area (Å²) in [4.78, 5) is 0. The van der Waals surface area contributed by atoms with Crippen molar-refractivity contribution in [2.75, 3.05) is 12.4 Å². The molecule has 110 valence electrons. The van der Waals surface area contributed by atoms with Crippen LogP contribution < -0.4 is 15.4 Å². The van der Waals surface area contributed by atoms with Gasteiger partial charge in [-0.3, -0.25) is 0 Å². The van der Waals surface area contributed by atoms with E-state index in [1.54, 1.807) is 7.11 Å². The Hall–Kier alpha value is -2.21. The van der Waals surface area contributed by atoms with Crippen molar-refractivity contribution in [2.45, 2.75) is 6.54 Å². The summed E-state index contributed by atoms with van der Waals surface area (Å²) in [6.07, 6.45) is 0. The number of thiocarbonyl (C=S) groups is 1. The first-order chi connectivity index (χ1) is 10.1. The maximum atomic E-state index is 13.1. The smallest absolute Gasteiger partial charge is 0.171 e. The average molecular weight is 308 g/mol. The lowest BCUT2D eigenvalue weighted by molar-refractivity contribution is 0.414. The quantitative estimate of drug-likeness (QED) is 0.848. The third kappa shape index (κ3) is 4.39. The Morgan fingerprint density at radius 2 is 1.81 bits per heavy atom. The van der Waals surface area contributed by atoms with Crippen molar-refractivity contribution < 1.29 is 13.5 Å². The molecule has 0 radical (unpaired) electrons. The first-order valence-corrected chi connectivity index (χ1v) is 6.62. The van der Waals surface area contributed by atoms with E-state index in [-0.39, 0.29) is 0 Å². The van der Waals surface area contributed by atoms with Crippen LogP contribution in [-0.2, 0) is 6.54 Å². The van der Waals surface area contributed by atoms with Gasteiger partial charge in [-0.2, -0.15) is 0 Å². The Balaban J connectivity index is 1.87. The van der Waals surface area contributed by atoms with Crippen LogP contribution in [0.15, 0.2) is 42.5 Å². The average Bonchev–Trinajstić information content (AvgIpc) is 2.49. The van der Waals surface area contributed by atoms with Crippen LogP contribution in [0.25, 0.3) is 0 Å². The number of hydrogen-bond acceptors (Lipinski definition) is 2. The van der Waals surface area contributed by atoms with Gasteiger partial charge in [0.25, 0.3) is 0 Å². The predicted octanol–water partition coefficient (Wildman–Crippen LogP) is 3.46. The summed E-state index contributed by atoms with van der Waals surface area (Å²) in [5.74, 6) is -1.03. The van der Waals surface area contributed by atoms with E-state index in [4.69, 9.17) is 17.0 Å². The van der Waals surface area contributed by atoms with E-state index in [9.17, 15) is 8.78 Å². The van der Waals surface area contributed by atoms with Crippen LogP contribution in [0.3, 0.4) is 0 Å². The van der Waals surface area contributed by atoms with Crippen LogP contribution in [-0.4, -0.2) is 12.2 Å². The summed E-state index contributed by atoms with van der Waals surface area (Å²) in [7, 11) is 1.61. The molecule has 0 spiro atoms. The molecule has 0 aliphatic rings. The number of anilines is 1. The van der Waals surface area contributed by atoms with Crippen molar-refractivity contribution >= 4 is 23.0 Å². The molecule has 2 aromatic carbocycles. The predicted molar refractivity (Wildman–Crippen MR) is 82.4 cm³/mol. The second-order valence-electron chi connectivity index (χ2n) is 4.28. The summed E-state index contributed by atoms with van der Waals surface area (Å²) < 4.78 is 30.9. The van der Waals surface area contributed by atoms with E-state index in [2.05, 4.69) is 10.6 Å². The third-order valence-electron chi connectivity index (χ3n) is 2.79. The summed E-state index contributed by atoms with van der Waals surface area (Å²) in [5.41, 5.74) is 1.41. The van der Waals surface area contributed by atoms with Gasteiger partial charge in [0.15, 0.2) is 16.7 Å². The molecule has 0 saturated heterocycles. The van der Waals surface area contributed by atoms with Gasteiger partial charge in [-0.1, -0.05) is 12.1 Å². The lowest BCUT2D eigenvalue weighted by Crippen LogP contribution is -2.27. The molecule has 0 aliphatic carbocycles. The molecule has 0 saturated carbocycles. The zero-order chi connectivity index (χ0) is 15.2. The molecule has 21 heavy (non-hydrogen) atoms. The zero-order valence-corrected chi connectivity index (χ0v) is 12.1. The summed E-state index contributed by atoms with van der Waals surface area (Å²) in [6, 6.07) is 11.0. The van der Waals surface area contributed by atoms with Crippen molar-refractivity contribution in [1.82, 2.24) is 5.32 Å². The van der Waals surface area contributed by atoms with E-state index in [1.165, 1.54) is 6.07 Å². The fourth-order valence-electron chi connectivity index (χ4n) is 1.67. The molecule has 2 N–H and O–H groups in total. The maximum Gasteiger partial charge on any atom is 0.171 e. The monoisotopic (exact) mass is 308 g/mol. The first-order valence-electron chi connectivity index (χ1n) is 6.21. The Kier molecular flexibility index (Phi) is 5.05. The van der Waals surface area contributed by atoms with E-state index in [1.807, 2.05) is 24.3 Å². The molecule has 0 unspecified atom stereocenters. The van der Waals surface area contributed by atoms with E-state index in [0.29, 0.717) is 17.3 Å². The highest BCUT2D eigenvalue weighted by molar-refractivity contribution is 7.80. The highest BCUT2D eigenvalue weighted by Crippen LogP contribution is 2.13. The summed E-state index contributed by atoms with van der Waals surface area (Å²) in [6.45, 7) is 0.513. The molecule has 0 amide bonds. The van der Waals surface area contributed by atoms with Gasteiger partial charge in [0.05, 0.1) is 7.11 Å². The summed E-state index contributed by atoms with van der Waals surface area (Å²) >= 11 is 5.10. The number of halogens is 2. The van der Waals surface area contributed by atoms with Gasteiger partial charge in [0.1, 0.15) is 5.75 Å². The highest BCUT2D eigenvalue weighted by Gasteiger charge is 2.04. The molecule has 0 aromatic heterocycles. The van der Waals surface area contributed by atoms with Crippen LogP contribution in [0.5, 0.6) is 5.75 Å². The van der Waals surface area contributed by atoms with Crippen LogP contribution in [0.2, 0.25) is 0 Å². The van der Waals surface area contributed by atoms with Crippen LogP contribution in [0, 0.1) is 11.6 Å². The molecule has 2 rings (SSSR count). The van der Waals surface area contributed by atoms with Gasteiger partial charge in [-0.25, -0.2) is 8.78 Å².